The second kappa shape index (κ2) is 4.41. The highest BCUT2D eigenvalue weighted by molar-refractivity contribution is 7.03. The molecule has 11 heavy (non-hydrogen) atoms. The van der Waals surface area contributed by atoms with Crippen LogP contribution in [0.25, 0.3) is 0 Å². The van der Waals surface area contributed by atoms with E-state index in [0.29, 0.717) is 5.69 Å². The summed E-state index contributed by atoms with van der Waals surface area (Å²) in [6, 6.07) is 0. The third kappa shape index (κ3) is 2.55. The number of aliphatic hydroxyl groups is 1. The smallest absolute Gasteiger partial charge is 0.104 e. The minimum atomic E-state index is -0.409. The molecule has 0 radical (unpaired) electrons. The molecule has 3 nitrogen and oxygen atoms in total. The fourth-order valence-electron chi connectivity index (χ4n) is 0.862. The van der Waals surface area contributed by atoms with Crippen LogP contribution in [-0.2, 0) is 0 Å². The molecule has 1 atom stereocenters. The molecule has 0 amide bonds. The molecule has 0 fully saturated rings. The number of unbranched alkanes of at least 4 members (excludes halogenated alkanes) is 1. The molecule has 1 N–H and O–H groups in total. The first-order chi connectivity index (χ1) is 5.34. The molecule has 0 spiro atoms. The number of nitrogens with zero attached hydrogens (tertiary/aromatic N) is 2. The van der Waals surface area contributed by atoms with E-state index in [4.69, 9.17) is 0 Å². The van der Waals surface area contributed by atoms with Gasteiger partial charge < -0.3 is 5.11 Å². The highest BCUT2D eigenvalue weighted by Crippen LogP contribution is 2.16. The molecule has 1 rings (SSSR count). The first-order valence-electron chi connectivity index (χ1n) is 3.79. The summed E-state index contributed by atoms with van der Waals surface area (Å²) in [4.78, 5) is 0. The Kier molecular flexibility index (Phi) is 3.45. The molecule has 0 aromatic carbocycles. The molecule has 0 aliphatic rings. The van der Waals surface area contributed by atoms with Gasteiger partial charge in [0.2, 0.25) is 0 Å². The van der Waals surface area contributed by atoms with Gasteiger partial charge in [0.05, 0.1) is 6.10 Å². The standard InChI is InChI=1S/C7H12N2OS/c1-2-3-4-7(10)6-5-11-9-8-6/h5,7,10H,2-4H2,1H3. The van der Waals surface area contributed by atoms with Crippen LogP contribution >= 0.6 is 11.5 Å². The van der Waals surface area contributed by atoms with E-state index >= 15 is 0 Å². The summed E-state index contributed by atoms with van der Waals surface area (Å²) in [5.74, 6) is 0. The lowest BCUT2D eigenvalue weighted by Gasteiger charge is -2.03. The molecule has 0 saturated carbocycles. The van der Waals surface area contributed by atoms with E-state index in [9.17, 15) is 5.11 Å². The van der Waals surface area contributed by atoms with Gasteiger partial charge in [-0.05, 0) is 18.0 Å². The van der Waals surface area contributed by atoms with Crippen LogP contribution in [0.15, 0.2) is 5.38 Å². The Bertz CT molecular complexity index is 188. The summed E-state index contributed by atoms with van der Waals surface area (Å²) in [5.41, 5.74) is 0.712. The molecule has 1 heterocycles. The predicted molar refractivity (Wildman–Crippen MR) is 44.4 cm³/mol. The van der Waals surface area contributed by atoms with E-state index in [1.165, 1.54) is 11.5 Å². The van der Waals surface area contributed by atoms with Gasteiger partial charge >= 0.3 is 0 Å². The summed E-state index contributed by atoms with van der Waals surface area (Å²) < 4.78 is 3.68. The van der Waals surface area contributed by atoms with Crippen LogP contribution in [0.1, 0.15) is 38.0 Å². The van der Waals surface area contributed by atoms with Gasteiger partial charge in [-0.3, -0.25) is 0 Å². The minimum Gasteiger partial charge on any atom is -0.387 e. The van der Waals surface area contributed by atoms with Crippen LogP contribution in [-0.4, -0.2) is 14.7 Å². The third-order valence-corrected chi connectivity index (χ3v) is 2.07. The summed E-state index contributed by atoms with van der Waals surface area (Å²) in [5, 5.41) is 15.0. The highest BCUT2D eigenvalue weighted by atomic mass is 32.1. The van der Waals surface area contributed by atoms with Gasteiger partial charge in [-0.25, -0.2) is 0 Å². The van der Waals surface area contributed by atoms with Crippen molar-refractivity contribution >= 4 is 11.5 Å². The number of hydrogen-bond acceptors (Lipinski definition) is 4. The van der Waals surface area contributed by atoms with E-state index in [1.54, 1.807) is 5.38 Å². The largest absolute Gasteiger partial charge is 0.387 e. The Labute approximate surface area is 70.2 Å². The van der Waals surface area contributed by atoms with Crippen LogP contribution in [0.4, 0.5) is 0 Å². The molecular formula is C7H12N2OS. The quantitative estimate of drug-likeness (QED) is 0.752. The van der Waals surface area contributed by atoms with Gasteiger partial charge in [0, 0.05) is 5.38 Å². The first-order valence-corrected chi connectivity index (χ1v) is 4.63. The summed E-state index contributed by atoms with van der Waals surface area (Å²) in [6.07, 6.45) is 2.53. The van der Waals surface area contributed by atoms with Crippen molar-refractivity contribution in [1.29, 1.82) is 0 Å². The number of hydrogen-bond donors (Lipinski definition) is 1. The van der Waals surface area contributed by atoms with Gasteiger partial charge in [0.1, 0.15) is 5.69 Å². The van der Waals surface area contributed by atoms with Gasteiger partial charge in [0.15, 0.2) is 0 Å². The molecular weight excluding hydrogens is 160 g/mol. The van der Waals surface area contributed by atoms with Gasteiger partial charge in [0.25, 0.3) is 0 Å². The molecule has 4 heteroatoms. The second-order valence-electron chi connectivity index (χ2n) is 2.49. The fraction of sp³-hybridized carbons (Fsp3) is 0.714. The van der Waals surface area contributed by atoms with E-state index in [-0.39, 0.29) is 0 Å². The van der Waals surface area contributed by atoms with Crippen molar-refractivity contribution in [2.75, 3.05) is 0 Å². The van der Waals surface area contributed by atoms with Crippen LogP contribution in [0.2, 0.25) is 0 Å². The fourth-order valence-corrected chi connectivity index (χ4v) is 1.36. The van der Waals surface area contributed by atoms with E-state index in [0.717, 1.165) is 19.3 Å². The van der Waals surface area contributed by atoms with Gasteiger partial charge in [-0.2, -0.15) is 0 Å². The molecule has 0 bridgehead atoms. The molecule has 1 aromatic heterocycles. The molecule has 0 aliphatic heterocycles. The van der Waals surface area contributed by atoms with Crippen molar-refractivity contribution < 1.29 is 5.11 Å². The zero-order valence-electron chi connectivity index (χ0n) is 6.53. The molecule has 62 valence electrons. The maximum absolute atomic E-state index is 9.44. The second-order valence-corrected chi connectivity index (χ2v) is 3.10. The summed E-state index contributed by atoms with van der Waals surface area (Å²) >= 11 is 1.28. The minimum absolute atomic E-state index is 0.409. The topological polar surface area (TPSA) is 46.0 Å². The molecule has 0 aliphatic carbocycles. The Hall–Kier alpha value is -0.480. The third-order valence-electron chi connectivity index (χ3n) is 1.55. The maximum atomic E-state index is 9.44. The van der Waals surface area contributed by atoms with Crippen molar-refractivity contribution in [3.05, 3.63) is 11.1 Å². The van der Waals surface area contributed by atoms with Crippen molar-refractivity contribution in [3.63, 3.8) is 0 Å². The van der Waals surface area contributed by atoms with Gasteiger partial charge in [-0.15, -0.1) is 5.10 Å². The average molecular weight is 172 g/mol. The number of rotatable bonds is 4. The zero-order valence-corrected chi connectivity index (χ0v) is 7.34. The number of aliphatic hydroxyl groups excluding tert-OH is 1. The highest BCUT2D eigenvalue weighted by Gasteiger charge is 2.08. The summed E-state index contributed by atoms with van der Waals surface area (Å²) in [6.45, 7) is 2.10. The maximum Gasteiger partial charge on any atom is 0.104 e. The van der Waals surface area contributed by atoms with E-state index in [2.05, 4.69) is 16.5 Å². The Morgan fingerprint density at radius 3 is 3.09 bits per heavy atom. The van der Waals surface area contributed by atoms with Crippen LogP contribution < -0.4 is 0 Å². The lowest BCUT2D eigenvalue weighted by molar-refractivity contribution is 0.159. The number of aromatic nitrogens is 2. The predicted octanol–water partition coefficient (Wildman–Crippen LogP) is 1.76. The summed E-state index contributed by atoms with van der Waals surface area (Å²) in [7, 11) is 0. The van der Waals surface area contributed by atoms with Crippen molar-refractivity contribution in [3.8, 4) is 0 Å². The first kappa shape index (κ1) is 8.62. The normalized spacial score (nSPS) is 13.3. The molecule has 0 saturated heterocycles. The van der Waals surface area contributed by atoms with Crippen molar-refractivity contribution in [2.45, 2.75) is 32.3 Å². The van der Waals surface area contributed by atoms with Crippen molar-refractivity contribution in [2.24, 2.45) is 0 Å². The van der Waals surface area contributed by atoms with Crippen LogP contribution in [0, 0.1) is 0 Å². The Balaban J connectivity index is 2.36. The lowest BCUT2D eigenvalue weighted by atomic mass is 10.1. The zero-order chi connectivity index (χ0) is 8.10. The Morgan fingerprint density at radius 1 is 1.73 bits per heavy atom. The van der Waals surface area contributed by atoms with Crippen molar-refractivity contribution in [1.82, 2.24) is 9.59 Å². The molecule has 1 aromatic rings. The SMILES string of the molecule is CCCCC(O)c1csnn1. The van der Waals surface area contributed by atoms with E-state index in [1.807, 2.05) is 0 Å². The Morgan fingerprint density at radius 2 is 2.55 bits per heavy atom. The van der Waals surface area contributed by atoms with Crippen LogP contribution in [0.3, 0.4) is 0 Å². The monoisotopic (exact) mass is 172 g/mol. The average Bonchev–Trinajstić information content (AvgIpc) is 2.52. The van der Waals surface area contributed by atoms with E-state index < -0.39 is 6.10 Å². The van der Waals surface area contributed by atoms with Gasteiger partial charge in [-0.1, -0.05) is 24.3 Å². The van der Waals surface area contributed by atoms with Crippen LogP contribution in [0.5, 0.6) is 0 Å². The molecule has 1 unspecified atom stereocenters. The lowest BCUT2D eigenvalue weighted by Crippen LogP contribution is -1.97.